The maximum Gasteiger partial charge on any atom is 0.233 e. The van der Waals surface area contributed by atoms with Crippen molar-refractivity contribution in [2.24, 2.45) is 5.73 Å². The lowest BCUT2D eigenvalue weighted by Gasteiger charge is -2.12. The van der Waals surface area contributed by atoms with Crippen molar-refractivity contribution < 1.29 is 23.7 Å². The summed E-state index contributed by atoms with van der Waals surface area (Å²) in [6.45, 7) is 7.66. The fourth-order valence-electron chi connectivity index (χ4n) is 3.81. The molecule has 0 atom stereocenters. The van der Waals surface area contributed by atoms with Gasteiger partial charge in [-0.1, -0.05) is 30.3 Å². The summed E-state index contributed by atoms with van der Waals surface area (Å²) < 4.78 is 21.7. The largest absolute Gasteiger partial charge is 0.454 e. The first-order valence-electron chi connectivity index (χ1n) is 13.3. The van der Waals surface area contributed by atoms with Crippen LogP contribution in [-0.4, -0.2) is 73.7 Å². The van der Waals surface area contributed by atoms with Gasteiger partial charge in [0.2, 0.25) is 30.5 Å². The quantitative estimate of drug-likeness (QED) is 0.113. The third kappa shape index (κ3) is 9.60. The van der Waals surface area contributed by atoms with Crippen LogP contribution in [0.1, 0.15) is 11.1 Å². The summed E-state index contributed by atoms with van der Waals surface area (Å²) in [7, 11) is 0. The molecule has 1 aliphatic heterocycles. The Labute approximate surface area is 238 Å². The lowest BCUT2D eigenvalue weighted by atomic mass is 10.1. The first kappa shape index (κ1) is 29.5. The Morgan fingerprint density at radius 2 is 1.71 bits per heavy atom. The summed E-state index contributed by atoms with van der Waals surface area (Å²) in [6.07, 6.45) is 1.98. The Balaban J connectivity index is 1.29. The van der Waals surface area contributed by atoms with Gasteiger partial charge in [0.25, 0.3) is 0 Å². The van der Waals surface area contributed by atoms with Crippen molar-refractivity contribution in [3.8, 4) is 11.5 Å². The molecule has 13 heteroatoms. The molecule has 3 aromatic rings. The summed E-state index contributed by atoms with van der Waals surface area (Å²) in [5.41, 5.74) is 7.92. The first-order chi connectivity index (χ1) is 20.1. The number of benzene rings is 2. The number of hydrogen-bond acceptors (Lipinski definition) is 12. The van der Waals surface area contributed by atoms with Crippen molar-refractivity contribution in [3.05, 3.63) is 66.2 Å². The van der Waals surface area contributed by atoms with Gasteiger partial charge in [0.05, 0.1) is 32.8 Å². The number of nitrogens with zero attached hydrogens (tertiary/aromatic N) is 3. The highest BCUT2D eigenvalue weighted by Crippen LogP contribution is 2.35. The van der Waals surface area contributed by atoms with Gasteiger partial charge in [0.1, 0.15) is 0 Å². The van der Waals surface area contributed by atoms with Crippen LogP contribution >= 0.6 is 0 Å². The number of fused-ring (bicyclic) bond motifs is 1. The highest BCUT2D eigenvalue weighted by Gasteiger charge is 2.17. The minimum absolute atomic E-state index is 0.0826. The topological polar surface area (TPSA) is 167 Å². The van der Waals surface area contributed by atoms with Crippen LogP contribution in [0.25, 0.3) is 0 Å². The van der Waals surface area contributed by atoms with Crippen molar-refractivity contribution in [1.29, 1.82) is 0 Å². The molecule has 0 unspecified atom stereocenters. The van der Waals surface area contributed by atoms with E-state index in [0.717, 1.165) is 16.8 Å². The fourth-order valence-corrected chi connectivity index (χ4v) is 3.81. The monoisotopic (exact) mass is 564 g/mol. The van der Waals surface area contributed by atoms with Crippen LogP contribution in [0.5, 0.6) is 11.5 Å². The molecule has 1 aromatic heterocycles. The normalized spacial score (nSPS) is 11.6. The number of ether oxygens (including phenoxy) is 4. The average Bonchev–Trinajstić information content (AvgIpc) is 3.47. The molecule has 0 fully saturated rings. The van der Waals surface area contributed by atoms with Crippen molar-refractivity contribution in [1.82, 2.24) is 20.3 Å². The maximum atomic E-state index is 12.3. The molecule has 13 nitrogen and oxygen atoms in total. The number of para-hydroxylation sites is 1. The Morgan fingerprint density at radius 3 is 2.49 bits per heavy atom. The molecule has 2 heterocycles. The van der Waals surface area contributed by atoms with E-state index in [1.165, 1.54) is 0 Å². The smallest absolute Gasteiger partial charge is 0.233 e. The average molecular weight is 565 g/mol. The van der Waals surface area contributed by atoms with Gasteiger partial charge in [-0.25, -0.2) is 0 Å². The minimum Gasteiger partial charge on any atom is -0.454 e. The van der Waals surface area contributed by atoms with E-state index in [1.54, 1.807) is 6.08 Å². The number of anilines is 4. The Bertz CT molecular complexity index is 1270. The van der Waals surface area contributed by atoms with Gasteiger partial charge >= 0.3 is 0 Å². The predicted octanol–water partition coefficient (Wildman–Crippen LogP) is 2.20. The zero-order valence-electron chi connectivity index (χ0n) is 22.9. The van der Waals surface area contributed by atoms with E-state index in [4.69, 9.17) is 24.7 Å². The van der Waals surface area contributed by atoms with Gasteiger partial charge in [-0.2, -0.15) is 15.0 Å². The van der Waals surface area contributed by atoms with Crippen molar-refractivity contribution >= 4 is 29.4 Å². The molecule has 0 saturated carbocycles. The first-order valence-corrected chi connectivity index (χ1v) is 13.3. The van der Waals surface area contributed by atoms with E-state index in [9.17, 15) is 4.79 Å². The number of amides is 1. The highest BCUT2D eigenvalue weighted by molar-refractivity contribution is 5.78. The summed E-state index contributed by atoms with van der Waals surface area (Å²) in [4.78, 5) is 25.7. The van der Waals surface area contributed by atoms with Gasteiger partial charge in [-0.05, 0) is 23.8 Å². The van der Waals surface area contributed by atoms with Crippen molar-refractivity contribution in [2.75, 3.05) is 68.8 Å². The molecule has 0 spiro atoms. The number of carbonyl (C=O) groups is 1. The second-order valence-corrected chi connectivity index (χ2v) is 8.84. The lowest BCUT2D eigenvalue weighted by molar-refractivity contribution is -0.120. The standard InChI is InChI=1S/C28H36N8O5/c1-2-11-31-26-34-27(32-18-21-4-3-5-23-25(21)41-19-40-23)36-28(35-26)33-22-8-6-20(7-9-22)17-24(37)30-12-14-39-16-15-38-13-10-29/h2-9H,1,10-19,29H2,(H,30,37)(H3,31,32,33,34,35,36). The lowest BCUT2D eigenvalue weighted by Crippen LogP contribution is -2.29. The zero-order chi connectivity index (χ0) is 28.7. The van der Waals surface area contributed by atoms with Crippen LogP contribution in [0.2, 0.25) is 0 Å². The molecule has 0 saturated heterocycles. The second-order valence-electron chi connectivity index (χ2n) is 8.84. The molecule has 0 radical (unpaired) electrons. The molecule has 4 rings (SSSR count). The van der Waals surface area contributed by atoms with Gasteiger partial charge in [-0.15, -0.1) is 6.58 Å². The minimum atomic E-state index is -0.0826. The molecule has 1 amide bonds. The van der Waals surface area contributed by atoms with Crippen LogP contribution in [-0.2, 0) is 27.2 Å². The van der Waals surface area contributed by atoms with E-state index in [2.05, 4.69) is 42.8 Å². The maximum absolute atomic E-state index is 12.3. The molecule has 1 aliphatic rings. The van der Waals surface area contributed by atoms with E-state index >= 15 is 0 Å². The van der Waals surface area contributed by atoms with Gasteiger partial charge < -0.3 is 45.9 Å². The van der Waals surface area contributed by atoms with Gasteiger partial charge in [-0.3, -0.25) is 4.79 Å². The van der Waals surface area contributed by atoms with Crippen LogP contribution in [0.4, 0.5) is 23.5 Å². The number of nitrogens with two attached hydrogens (primary N) is 1. The zero-order valence-corrected chi connectivity index (χ0v) is 22.9. The van der Waals surface area contributed by atoms with Crippen LogP contribution in [0, 0.1) is 0 Å². The van der Waals surface area contributed by atoms with Crippen LogP contribution in [0.15, 0.2) is 55.1 Å². The number of aromatic nitrogens is 3. The Hall–Kier alpha value is -4.46. The molecule has 218 valence electrons. The summed E-state index contributed by atoms with van der Waals surface area (Å²) in [5, 5.41) is 12.4. The van der Waals surface area contributed by atoms with Crippen molar-refractivity contribution in [2.45, 2.75) is 13.0 Å². The molecular formula is C28H36N8O5. The SMILES string of the molecule is C=CCNc1nc(NCc2cccc3c2OCO3)nc(Nc2ccc(CC(=O)NCCOCCOCCN)cc2)n1. The third-order valence-electron chi connectivity index (χ3n) is 5.73. The third-order valence-corrected chi connectivity index (χ3v) is 5.73. The van der Waals surface area contributed by atoms with E-state index < -0.39 is 0 Å². The predicted molar refractivity (Wildman–Crippen MR) is 156 cm³/mol. The van der Waals surface area contributed by atoms with E-state index in [-0.39, 0.29) is 19.1 Å². The molecule has 2 aromatic carbocycles. The fraction of sp³-hybridized carbons (Fsp3) is 0.357. The molecular weight excluding hydrogens is 528 g/mol. The molecule has 6 N–H and O–H groups in total. The van der Waals surface area contributed by atoms with Gasteiger partial charge in [0, 0.05) is 37.4 Å². The molecule has 41 heavy (non-hydrogen) atoms. The molecule has 0 aliphatic carbocycles. The number of carbonyl (C=O) groups excluding carboxylic acids is 1. The van der Waals surface area contributed by atoms with E-state index in [1.807, 2.05) is 42.5 Å². The second kappa shape index (κ2) is 16.0. The summed E-state index contributed by atoms with van der Waals surface area (Å²) >= 11 is 0. The van der Waals surface area contributed by atoms with Gasteiger partial charge in [0.15, 0.2) is 11.5 Å². The highest BCUT2D eigenvalue weighted by atomic mass is 16.7. The number of hydrogen-bond donors (Lipinski definition) is 5. The number of rotatable bonds is 18. The summed E-state index contributed by atoms with van der Waals surface area (Å²) in [6, 6.07) is 13.2. The Morgan fingerprint density at radius 1 is 0.951 bits per heavy atom. The summed E-state index contributed by atoms with van der Waals surface area (Å²) in [5.74, 6) is 2.47. The van der Waals surface area contributed by atoms with E-state index in [0.29, 0.717) is 82.0 Å². The van der Waals surface area contributed by atoms with Crippen LogP contribution in [0.3, 0.4) is 0 Å². The number of nitrogens with one attached hydrogen (secondary N) is 4. The van der Waals surface area contributed by atoms with Crippen molar-refractivity contribution in [3.63, 3.8) is 0 Å². The Kier molecular flexibility index (Phi) is 11.5. The van der Waals surface area contributed by atoms with Crippen LogP contribution < -0.4 is 36.5 Å². The molecule has 0 bridgehead atoms.